The minimum atomic E-state index is -0.140. The molecule has 0 saturated heterocycles. The summed E-state index contributed by atoms with van der Waals surface area (Å²) in [4.78, 5) is 16.2. The number of carbonyl (C=O) groups excluding carboxylic acids is 1. The molecule has 116 valence electrons. The van der Waals surface area contributed by atoms with E-state index in [1.54, 1.807) is 12.3 Å². The summed E-state index contributed by atoms with van der Waals surface area (Å²) in [5, 5.41) is 6.16. The number of rotatable bonds is 6. The fourth-order valence-corrected chi connectivity index (χ4v) is 2.33. The smallest absolute Gasteiger partial charge is 0.269 e. The Kier molecular flexibility index (Phi) is 5.95. The number of hydrogen-bond donors (Lipinski definition) is 2. The van der Waals surface area contributed by atoms with Gasteiger partial charge in [-0.05, 0) is 42.7 Å². The molecule has 0 aliphatic heterocycles. The van der Waals surface area contributed by atoms with Gasteiger partial charge in [-0.3, -0.25) is 9.78 Å². The maximum absolute atomic E-state index is 12.1. The zero-order valence-corrected chi connectivity index (χ0v) is 14.4. The van der Waals surface area contributed by atoms with Gasteiger partial charge in [0.15, 0.2) is 0 Å². The predicted octanol–water partition coefficient (Wildman–Crippen LogP) is 4.36. The number of anilines is 2. The molecular weight excluding hydrogens is 342 g/mol. The average molecular weight is 362 g/mol. The Hall–Kier alpha value is -1.88. The van der Waals surface area contributed by atoms with Gasteiger partial charge in [0.25, 0.3) is 5.91 Å². The Morgan fingerprint density at radius 3 is 2.73 bits per heavy atom. The van der Waals surface area contributed by atoms with Crippen LogP contribution in [0.25, 0.3) is 0 Å². The zero-order valence-electron chi connectivity index (χ0n) is 12.8. The Bertz CT molecular complexity index is 643. The predicted molar refractivity (Wildman–Crippen MR) is 93.4 cm³/mol. The topological polar surface area (TPSA) is 54.0 Å². The largest absolute Gasteiger partial charge is 0.355 e. The lowest BCUT2D eigenvalue weighted by Gasteiger charge is -2.09. The second-order valence-electron chi connectivity index (χ2n) is 5.50. The molecular formula is C17H20BrN3O. The molecule has 0 aliphatic rings. The van der Waals surface area contributed by atoms with Crippen LogP contribution in [-0.4, -0.2) is 17.4 Å². The number of nitrogens with zero attached hydrogens (tertiary/aromatic N) is 1. The highest BCUT2D eigenvalue weighted by molar-refractivity contribution is 9.10. The number of nitrogens with one attached hydrogen (secondary N) is 2. The molecule has 0 spiro atoms. The van der Waals surface area contributed by atoms with Crippen LogP contribution in [0, 0.1) is 5.92 Å². The summed E-state index contributed by atoms with van der Waals surface area (Å²) in [6.45, 7) is 4.93. The van der Waals surface area contributed by atoms with E-state index in [1.165, 1.54) is 0 Å². The van der Waals surface area contributed by atoms with Crippen LogP contribution < -0.4 is 10.6 Å². The lowest BCUT2D eigenvalue weighted by Crippen LogP contribution is -2.26. The third kappa shape index (κ3) is 5.15. The number of hydrogen-bond acceptors (Lipinski definition) is 3. The summed E-state index contributed by atoms with van der Waals surface area (Å²) in [5.74, 6) is 0.427. The molecule has 0 bridgehead atoms. The van der Waals surface area contributed by atoms with Gasteiger partial charge in [-0.25, -0.2) is 0 Å². The van der Waals surface area contributed by atoms with Gasteiger partial charge in [0.05, 0.1) is 0 Å². The minimum Gasteiger partial charge on any atom is -0.355 e. The molecule has 1 amide bonds. The molecule has 0 radical (unpaired) electrons. The van der Waals surface area contributed by atoms with E-state index in [2.05, 4.69) is 45.4 Å². The maximum atomic E-state index is 12.1. The summed E-state index contributed by atoms with van der Waals surface area (Å²) >= 11 is 3.44. The number of benzene rings is 1. The average Bonchev–Trinajstić information content (AvgIpc) is 2.47. The van der Waals surface area contributed by atoms with E-state index in [-0.39, 0.29) is 5.91 Å². The first-order valence-corrected chi connectivity index (χ1v) is 8.11. The van der Waals surface area contributed by atoms with Gasteiger partial charge in [0.1, 0.15) is 5.69 Å². The lowest BCUT2D eigenvalue weighted by atomic mass is 10.1. The maximum Gasteiger partial charge on any atom is 0.269 e. The molecule has 2 N–H and O–H groups in total. The Morgan fingerprint density at radius 1 is 1.23 bits per heavy atom. The summed E-state index contributed by atoms with van der Waals surface area (Å²) in [5.41, 5.74) is 2.21. The van der Waals surface area contributed by atoms with Gasteiger partial charge in [0.2, 0.25) is 0 Å². The van der Waals surface area contributed by atoms with Crippen LogP contribution in [0.15, 0.2) is 47.1 Å². The molecule has 0 fully saturated rings. The van der Waals surface area contributed by atoms with E-state index in [4.69, 9.17) is 0 Å². The summed E-state index contributed by atoms with van der Waals surface area (Å²) in [7, 11) is 0. The number of aromatic nitrogens is 1. The molecule has 0 unspecified atom stereocenters. The molecule has 0 aliphatic carbocycles. The number of pyridine rings is 1. The van der Waals surface area contributed by atoms with Gasteiger partial charge < -0.3 is 10.6 Å². The van der Waals surface area contributed by atoms with Crippen molar-refractivity contribution in [2.24, 2.45) is 5.92 Å². The standard InChI is InChI=1S/C17H20BrN3O/c1-12(2)6-8-20-17(22)16-11-15(7-9-19-16)21-14-5-3-4-13(18)10-14/h3-5,7,9-12H,6,8H2,1-2H3,(H,19,21)(H,20,22). The van der Waals surface area contributed by atoms with Crippen molar-refractivity contribution in [2.45, 2.75) is 20.3 Å². The highest BCUT2D eigenvalue weighted by Crippen LogP contribution is 2.20. The van der Waals surface area contributed by atoms with Crippen LogP contribution in [0.3, 0.4) is 0 Å². The third-order valence-corrected chi connectivity index (χ3v) is 3.61. The van der Waals surface area contributed by atoms with Crippen LogP contribution >= 0.6 is 15.9 Å². The number of carbonyl (C=O) groups is 1. The van der Waals surface area contributed by atoms with Crippen LogP contribution in [-0.2, 0) is 0 Å². The van der Waals surface area contributed by atoms with Crippen molar-refractivity contribution >= 4 is 33.2 Å². The molecule has 1 aromatic heterocycles. The summed E-state index contributed by atoms with van der Waals surface area (Å²) < 4.78 is 0.998. The first kappa shape index (κ1) is 16.5. The van der Waals surface area contributed by atoms with Crippen molar-refractivity contribution < 1.29 is 4.79 Å². The third-order valence-electron chi connectivity index (χ3n) is 3.11. The Labute approximate surface area is 139 Å². The van der Waals surface area contributed by atoms with Crippen molar-refractivity contribution in [1.29, 1.82) is 0 Å². The van der Waals surface area contributed by atoms with Crippen LogP contribution in [0.1, 0.15) is 30.8 Å². The second kappa shape index (κ2) is 7.94. The SMILES string of the molecule is CC(C)CCNC(=O)c1cc(Nc2cccc(Br)c2)ccn1. The van der Waals surface area contributed by atoms with Crippen LogP contribution in [0.2, 0.25) is 0 Å². The van der Waals surface area contributed by atoms with Gasteiger partial charge in [0, 0.05) is 28.6 Å². The van der Waals surface area contributed by atoms with E-state index in [1.807, 2.05) is 30.3 Å². The van der Waals surface area contributed by atoms with Gasteiger partial charge in [-0.15, -0.1) is 0 Å². The highest BCUT2D eigenvalue weighted by atomic mass is 79.9. The normalized spacial score (nSPS) is 10.5. The quantitative estimate of drug-likeness (QED) is 0.803. The van der Waals surface area contributed by atoms with Crippen molar-refractivity contribution in [3.63, 3.8) is 0 Å². The fraction of sp³-hybridized carbons (Fsp3) is 0.294. The van der Waals surface area contributed by atoms with Crippen molar-refractivity contribution in [1.82, 2.24) is 10.3 Å². The first-order chi connectivity index (χ1) is 10.5. The van der Waals surface area contributed by atoms with E-state index in [9.17, 15) is 4.79 Å². The van der Waals surface area contributed by atoms with E-state index >= 15 is 0 Å². The number of amides is 1. The van der Waals surface area contributed by atoms with E-state index in [0.717, 1.165) is 22.3 Å². The first-order valence-electron chi connectivity index (χ1n) is 7.31. The molecule has 1 heterocycles. The second-order valence-corrected chi connectivity index (χ2v) is 6.42. The van der Waals surface area contributed by atoms with Crippen LogP contribution in [0.4, 0.5) is 11.4 Å². The summed E-state index contributed by atoms with van der Waals surface area (Å²) in [6.07, 6.45) is 2.60. The van der Waals surface area contributed by atoms with Crippen molar-refractivity contribution in [2.75, 3.05) is 11.9 Å². The molecule has 0 atom stereocenters. The highest BCUT2D eigenvalue weighted by Gasteiger charge is 2.08. The van der Waals surface area contributed by atoms with Crippen molar-refractivity contribution in [3.05, 3.63) is 52.8 Å². The molecule has 1 aromatic carbocycles. The molecule has 2 aromatic rings. The minimum absolute atomic E-state index is 0.140. The molecule has 0 saturated carbocycles. The molecule has 22 heavy (non-hydrogen) atoms. The Balaban J connectivity index is 2.01. The zero-order chi connectivity index (χ0) is 15.9. The van der Waals surface area contributed by atoms with E-state index in [0.29, 0.717) is 18.2 Å². The van der Waals surface area contributed by atoms with Crippen molar-refractivity contribution in [3.8, 4) is 0 Å². The molecule has 4 nitrogen and oxygen atoms in total. The number of halogens is 1. The monoisotopic (exact) mass is 361 g/mol. The van der Waals surface area contributed by atoms with Gasteiger partial charge in [-0.2, -0.15) is 0 Å². The Morgan fingerprint density at radius 2 is 2.00 bits per heavy atom. The molecule has 2 rings (SSSR count). The van der Waals surface area contributed by atoms with Crippen LogP contribution in [0.5, 0.6) is 0 Å². The molecule has 5 heteroatoms. The van der Waals surface area contributed by atoms with Gasteiger partial charge >= 0.3 is 0 Å². The fourth-order valence-electron chi connectivity index (χ4n) is 1.93. The van der Waals surface area contributed by atoms with Gasteiger partial charge in [-0.1, -0.05) is 35.8 Å². The summed E-state index contributed by atoms with van der Waals surface area (Å²) in [6, 6.07) is 11.5. The van der Waals surface area contributed by atoms with E-state index < -0.39 is 0 Å². The lowest BCUT2D eigenvalue weighted by molar-refractivity contribution is 0.0947.